The number of aryl methyl sites for hydroxylation is 1. The molecular formula is C16H11F2N3OS. The van der Waals surface area contributed by atoms with Crippen molar-refractivity contribution in [1.29, 1.82) is 0 Å². The van der Waals surface area contributed by atoms with Crippen molar-refractivity contribution in [1.82, 2.24) is 10.2 Å². The molecule has 7 heteroatoms. The van der Waals surface area contributed by atoms with Gasteiger partial charge in [-0.3, -0.25) is 10.1 Å². The lowest BCUT2D eigenvalue weighted by Gasteiger charge is -2.03. The molecule has 0 saturated heterocycles. The second-order valence-electron chi connectivity index (χ2n) is 4.83. The summed E-state index contributed by atoms with van der Waals surface area (Å²) < 4.78 is 27.2. The molecule has 3 rings (SSSR count). The molecule has 0 fully saturated rings. The number of halogens is 2. The Kier molecular flexibility index (Phi) is 4.12. The van der Waals surface area contributed by atoms with E-state index in [1.165, 1.54) is 6.07 Å². The minimum Gasteiger partial charge on any atom is -0.296 e. The van der Waals surface area contributed by atoms with Gasteiger partial charge in [-0.1, -0.05) is 41.2 Å². The highest BCUT2D eigenvalue weighted by molar-refractivity contribution is 7.18. The number of carbonyl (C=O) groups excluding carboxylic acids is 1. The first kappa shape index (κ1) is 15.2. The predicted molar refractivity (Wildman–Crippen MR) is 84.4 cm³/mol. The van der Waals surface area contributed by atoms with Crippen LogP contribution in [-0.4, -0.2) is 16.1 Å². The molecule has 0 aliphatic heterocycles. The van der Waals surface area contributed by atoms with Gasteiger partial charge >= 0.3 is 0 Å². The summed E-state index contributed by atoms with van der Waals surface area (Å²) in [5.74, 6) is -2.75. The van der Waals surface area contributed by atoms with Gasteiger partial charge in [0.25, 0.3) is 5.91 Å². The Morgan fingerprint density at radius 2 is 1.78 bits per heavy atom. The zero-order chi connectivity index (χ0) is 16.4. The van der Waals surface area contributed by atoms with E-state index in [0.717, 1.165) is 34.6 Å². The van der Waals surface area contributed by atoms with Gasteiger partial charge in [0.15, 0.2) is 0 Å². The third kappa shape index (κ3) is 3.24. The third-order valence-electron chi connectivity index (χ3n) is 3.10. The van der Waals surface area contributed by atoms with Crippen LogP contribution >= 0.6 is 11.3 Å². The SMILES string of the molecule is Cc1cccc(-c2nnc(NC(=O)c3c(F)cccc3F)s2)c1. The maximum atomic E-state index is 13.6. The van der Waals surface area contributed by atoms with Gasteiger partial charge in [0.2, 0.25) is 5.13 Å². The van der Waals surface area contributed by atoms with Gasteiger partial charge in [0.1, 0.15) is 22.2 Å². The van der Waals surface area contributed by atoms with Crippen LogP contribution in [0.3, 0.4) is 0 Å². The Hall–Kier alpha value is -2.67. The fourth-order valence-corrected chi connectivity index (χ4v) is 2.78. The van der Waals surface area contributed by atoms with E-state index in [-0.39, 0.29) is 5.13 Å². The molecular weight excluding hydrogens is 320 g/mol. The number of amides is 1. The number of aromatic nitrogens is 2. The average molecular weight is 331 g/mol. The highest BCUT2D eigenvalue weighted by atomic mass is 32.1. The number of nitrogens with zero attached hydrogens (tertiary/aromatic N) is 2. The lowest BCUT2D eigenvalue weighted by atomic mass is 10.1. The molecule has 0 bridgehead atoms. The van der Waals surface area contributed by atoms with Gasteiger partial charge in [-0.25, -0.2) is 8.78 Å². The first-order valence-corrected chi connectivity index (χ1v) is 7.52. The number of rotatable bonds is 3. The van der Waals surface area contributed by atoms with Crippen LogP contribution in [0.2, 0.25) is 0 Å². The van der Waals surface area contributed by atoms with E-state index in [0.29, 0.717) is 5.01 Å². The van der Waals surface area contributed by atoms with Crippen molar-refractivity contribution in [3.05, 3.63) is 65.2 Å². The summed E-state index contributed by atoms with van der Waals surface area (Å²) in [4.78, 5) is 12.0. The first-order valence-electron chi connectivity index (χ1n) is 6.70. The Balaban J connectivity index is 1.83. The summed E-state index contributed by atoms with van der Waals surface area (Å²) in [5, 5.41) is 11.0. The molecule has 1 aromatic heterocycles. The summed E-state index contributed by atoms with van der Waals surface area (Å²) in [7, 11) is 0. The van der Waals surface area contributed by atoms with E-state index >= 15 is 0 Å². The molecule has 3 aromatic rings. The van der Waals surface area contributed by atoms with Crippen molar-refractivity contribution < 1.29 is 13.6 Å². The number of anilines is 1. The molecule has 0 saturated carbocycles. The van der Waals surface area contributed by atoms with E-state index in [4.69, 9.17) is 0 Å². The van der Waals surface area contributed by atoms with Gasteiger partial charge in [-0.05, 0) is 25.1 Å². The van der Waals surface area contributed by atoms with E-state index < -0.39 is 23.1 Å². The molecule has 0 radical (unpaired) electrons. The molecule has 0 aliphatic carbocycles. The van der Waals surface area contributed by atoms with Gasteiger partial charge in [0.05, 0.1) is 0 Å². The maximum Gasteiger partial charge on any atom is 0.263 e. The molecule has 23 heavy (non-hydrogen) atoms. The minimum absolute atomic E-state index is 0.175. The van der Waals surface area contributed by atoms with E-state index in [1.54, 1.807) is 0 Å². The van der Waals surface area contributed by atoms with Crippen LogP contribution in [0, 0.1) is 18.6 Å². The molecule has 1 heterocycles. The van der Waals surface area contributed by atoms with Crippen LogP contribution < -0.4 is 5.32 Å². The lowest BCUT2D eigenvalue weighted by Crippen LogP contribution is -2.15. The molecule has 0 atom stereocenters. The highest BCUT2D eigenvalue weighted by Crippen LogP contribution is 2.27. The normalized spacial score (nSPS) is 10.6. The minimum atomic E-state index is -0.925. The lowest BCUT2D eigenvalue weighted by molar-refractivity contribution is 0.101. The second-order valence-corrected chi connectivity index (χ2v) is 5.81. The van der Waals surface area contributed by atoms with Crippen molar-refractivity contribution in [2.45, 2.75) is 6.92 Å². The van der Waals surface area contributed by atoms with Crippen molar-refractivity contribution in [3.63, 3.8) is 0 Å². The summed E-state index contributed by atoms with van der Waals surface area (Å²) in [6.07, 6.45) is 0. The van der Waals surface area contributed by atoms with Crippen molar-refractivity contribution in [2.75, 3.05) is 5.32 Å². The molecule has 1 N–H and O–H groups in total. The Bertz CT molecular complexity index is 859. The Labute approximate surface area is 134 Å². The molecule has 0 spiro atoms. The van der Waals surface area contributed by atoms with E-state index in [2.05, 4.69) is 15.5 Å². The number of nitrogens with one attached hydrogen (secondary N) is 1. The van der Waals surface area contributed by atoms with E-state index in [1.807, 2.05) is 31.2 Å². The Morgan fingerprint density at radius 1 is 1.09 bits per heavy atom. The smallest absolute Gasteiger partial charge is 0.263 e. The topological polar surface area (TPSA) is 54.9 Å². The highest BCUT2D eigenvalue weighted by Gasteiger charge is 2.18. The number of hydrogen-bond acceptors (Lipinski definition) is 4. The summed E-state index contributed by atoms with van der Waals surface area (Å²) in [6, 6.07) is 10.9. The summed E-state index contributed by atoms with van der Waals surface area (Å²) in [5.41, 5.74) is 1.29. The molecule has 4 nitrogen and oxygen atoms in total. The van der Waals surface area contributed by atoms with Gasteiger partial charge in [-0.2, -0.15) is 0 Å². The maximum absolute atomic E-state index is 13.6. The van der Waals surface area contributed by atoms with Gasteiger partial charge in [-0.15, -0.1) is 10.2 Å². The second kappa shape index (κ2) is 6.21. The zero-order valence-corrected chi connectivity index (χ0v) is 12.8. The Morgan fingerprint density at radius 3 is 2.48 bits per heavy atom. The van der Waals surface area contributed by atoms with Gasteiger partial charge < -0.3 is 0 Å². The van der Waals surface area contributed by atoms with Crippen LogP contribution in [0.5, 0.6) is 0 Å². The molecule has 0 aliphatic rings. The molecule has 2 aromatic carbocycles. The quantitative estimate of drug-likeness (QED) is 0.788. The average Bonchev–Trinajstić information content (AvgIpc) is 2.95. The fourth-order valence-electron chi connectivity index (χ4n) is 2.04. The fraction of sp³-hybridized carbons (Fsp3) is 0.0625. The first-order chi connectivity index (χ1) is 11.0. The molecule has 0 unspecified atom stereocenters. The summed E-state index contributed by atoms with van der Waals surface area (Å²) >= 11 is 1.13. The number of hydrogen-bond donors (Lipinski definition) is 1. The van der Waals surface area contributed by atoms with E-state index in [9.17, 15) is 13.6 Å². The third-order valence-corrected chi connectivity index (χ3v) is 3.99. The largest absolute Gasteiger partial charge is 0.296 e. The molecule has 1 amide bonds. The van der Waals surface area contributed by atoms with Crippen LogP contribution in [-0.2, 0) is 0 Å². The van der Waals surface area contributed by atoms with Crippen molar-refractivity contribution in [3.8, 4) is 10.6 Å². The number of carbonyl (C=O) groups is 1. The van der Waals surface area contributed by atoms with Crippen LogP contribution in [0.25, 0.3) is 10.6 Å². The van der Waals surface area contributed by atoms with Crippen molar-refractivity contribution >= 4 is 22.4 Å². The standard InChI is InChI=1S/C16H11F2N3OS/c1-9-4-2-5-10(8-9)15-20-21-16(23-15)19-14(22)13-11(17)6-3-7-12(13)18/h2-8H,1H3,(H,19,21,22). The predicted octanol–water partition coefficient (Wildman–Crippen LogP) is 4.04. The summed E-state index contributed by atoms with van der Waals surface area (Å²) in [6.45, 7) is 1.95. The van der Waals surface area contributed by atoms with Crippen LogP contribution in [0.15, 0.2) is 42.5 Å². The monoisotopic (exact) mass is 331 g/mol. The molecule has 116 valence electrons. The zero-order valence-electron chi connectivity index (χ0n) is 12.0. The van der Waals surface area contributed by atoms with Crippen LogP contribution in [0.4, 0.5) is 13.9 Å². The van der Waals surface area contributed by atoms with Gasteiger partial charge in [0, 0.05) is 5.56 Å². The number of benzene rings is 2. The van der Waals surface area contributed by atoms with Crippen molar-refractivity contribution in [2.24, 2.45) is 0 Å². The van der Waals surface area contributed by atoms with Crippen LogP contribution in [0.1, 0.15) is 15.9 Å².